The van der Waals surface area contributed by atoms with Gasteiger partial charge >= 0.3 is 0 Å². The van der Waals surface area contributed by atoms with Crippen molar-refractivity contribution >= 4 is 5.91 Å². The number of carbonyl (C=O) groups excluding carboxylic acids is 1. The van der Waals surface area contributed by atoms with Crippen LogP contribution in [0.5, 0.6) is 0 Å². The molecule has 0 aliphatic carbocycles. The fourth-order valence-corrected chi connectivity index (χ4v) is 2.64. The van der Waals surface area contributed by atoms with E-state index in [-0.39, 0.29) is 18.3 Å². The van der Waals surface area contributed by atoms with Crippen LogP contribution < -0.4 is 5.32 Å². The molecule has 1 unspecified atom stereocenters. The monoisotopic (exact) mass is 300 g/mol. The number of rotatable bonds is 4. The molecule has 5 nitrogen and oxygen atoms in total. The fourth-order valence-electron chi connectivity index (χ4n) is 2.64. The highest BCUT2D eigenvalue weighted by atomic mass is 19.1. The molecule has 22 heavy (non-hydrogen) atoms. The molecule has 2 aromatic rings. The summed E-state index contributed by atoms with van der Waals surface area (Å²) in [6.07, 6.45) is 3.14. The maximum Gasteiger partial charge on any atom is 0.244 e. The van der Waals surface area contributed by atoms with Crippen molar-refractivity contribution in [1.82, 2.24) is 20.2 Å². The maximum absolute atomic E-state index is 13.8. The molecule has 0 saturated carbocycles. The van der Waals surface area contributed by atoms with Crippen LogP contribution in [0.25, 0.3) is 0 Å². The largest absolute Gasteiger partial charge is 0.337 e. The molecule has 1 aromatic heterocycles. The van der Waals surface area contributed by atoms with E-state index >= 15 is 0 Å². The van der Waals surface area contributed by atoms with Crippen molar-refractivity contribution in [3.63, 3.8) is 0 Å². The zero-order valence-corrected chi connectivity index (χ0v) is 12.3. The third kappa shape index (κ3) is 2.69. The van der Waals surface area contributed by atoms with Crippen molar-refractivity contribution in [2.45, 2.75) is 26.1 Å². The van der Waals surface area contributed by atoms with Gasteiger partial charge in [-0.1, -0.05) is 18.2 Å². The minimum atomic E-state index is -0.456. The van der Waals surface area contributed by atoms with Crippen LogP contribution in [-0.2, 0) is 17.9 Å². The van der Waals surface area contributed by atoms with Gasteiger partial charge in [-0.2, -0.15) is 0 Å². The van der Waals surface area contributed by atoms with Gasteiger partial charge in [0.1, 0.15) is 18.2 Å². The number of hydrogen-bond donors (Lipinski definition) is 1. The van der Waals surface area contributed by atoms with E-state index in [1.807, 2.05) is 6.92 Å². The standard InChI is InChI=1S/C16H17FN4O/c1-2-21(9-11-5-3-4-6-13(11)17)16(22)15-12-7-18-10-20-14(12)8-19-15/h3-7,10,15,19H,2,8-9H2,1H3. The number of nitrogens with zero attached hydrogens (tertiary/aromatic N) is 3. The quantitative estimate of drug-likeness (QED) is 0.935. The van der Waals surface area contributed by atoms with E-state index in [4.69, 9.17) is 0 Å². The van der Waals surface area contributed by atoms with Gasteiger partial charge in [0.2, 0.25) is 5.91 Å². The van der Waals surface area contributed by atoms with Crippen LogP contribution in [0.4, 0.5) is 4.39 Å². The van der Waals surface area contributed by atoms with Gasteiger partial charge in [-0.3, -0.25) is 10.1 Å². The second-order valence-corrected chi connectivity index (χ2v) is 5.18. The zero-order chi connectivity index (χ0) is 15.5. The predicted octanol–water partition coefficient (Wildman–Crippen LogP) is 1.81. The molecule has 114 valence electrons. The van der Waals surface area contributed by atoms with Crippen LogP contribution in [0.3, 0.4) is 0 Å². The first kappa shape index (κ1) is 14.6. The lowest BCUT2D eigenvalue weighted by Gasteiger charge is -2.25. The van der Waals surface area contributed by atoms with E-state index in [1.165, 1.54) is 12.4 Å². The number of fused-ring (bicyclic) bond motifs is 1. The first-order valence-corrected chi connectivity index (χ1v) is 7.25. The minimum absolute atomic E-state index is 0.0840. The Balaban J connectivity index is 1.80. The predicted molar refractivity (Wildman–Crippen MR) is 79.1 cm³/mol. The molecule has 1 aromatic carbocycles. The van der Waals surface area contributed by atoms with Crippen LogP contribution in [0.2, 0.25) is 0 Å². The van der Waals surface area contributed by atoms with Crippen LogP contribution in [0.15, 0.2) is 36.8 Å². The van der Waals surface area contributed by atoms with E-state index in [0.29, 0.717) is 18.7 Å². The van der Waals surface area contributed by atoms with Gasteiger partial charge in [-0.25, -0.2) is 14.4 Å². The van der Waals surface area contributed by atoms with Gasteiger partial charge in [0.15, 0.2) is 0 Å². The molecule has 1 aliphatic heterocycles. The highest BCUT2D eigenvalue weighted by Gasteiger charge is 2.32. The summed E-state index contributed by atoms with van der Waals surface area (Å²) >= 11 is 0. The third-order valence-electron chi connectivity index (χ3n) is 3.87. The van der Waals surface area contributed by atoms with Gasteiger partial charge in [-0.15, -0.1) is 0 Å². The van der Waals surface area contributed by atoms with Crippen molar-refractivity contribution in [3.8, 4) is 0 Å². The molecular formula is C16H17FN4O. The molecule has 1 N–H and O–H groups in total. The SMILES string of the molecule is CCN(Cc1ccccc1F)C(=O)C1NCc2ncncc21. The van der Waals surface area contributed by atoms with E-state index < -0.39 is 6.04 Å². The molecule has 1 amide bonds. The Kier molecular flexibility index (Phi) is 4.11. The highest BCUT2D eigenvalue weighted by Crippen LogP contribution is 2.25. The van der Waals surface area contributed by atoms with Crippen LogP contribution in [-0.4, -0.2) is 27.3 Å². The second kappa shape index (κ2) is 6.19. The number of benzene rings is 1. The Morgan fingerprint density at radius 1 is 1.45 bits per heavy atom. The van der Waals surface area contributed by atoms with Crippen molar-refractivity contribution in [2.24, 2.45) is 0 Å². The van der Waals surface area contributed by atoms with Gasteiger partial charge in [0, 0.05) is 37.0 Å². The molecule has 0 fully saturated rings. The molecule has 6 heteroatoms. The van der Waals surface area contributed by atoms with Crippen molar-refractivity contribution < 1.29 is 9.18 Å². The lowest BCUT2D eigenvalue weighted by atomic mass is 10.1. The normalized spacial score (nSPS) is 16.4. The number of amides is 1. The summed E-state index contributed by atoms with van der Waals surface area (Å²) < 4.78 is 13.8. The summed E-state index contributed by atoms with van der Waals surface area (Å²) in [5.74, 6) is -0.379. The summed E-state index contributed by atoms with van der Waals surface area (Å²) in [5.41, 5.74) is 2.16. The Bertz CT molecular complexity index is 691. The number of aromatic nitrogens is 2. The molecule has 0 radical (unpaired) electrons. The maximum atomic E-state index is 13.8. The van der Waals surface area contributed by atoms with E-state index in [0.717, 1.165) is 11.3 Å². The Hall–Kier alpha value is -2.34. The summed E-state index contributed by atoms with van der Waals surface area (Å²) in [6, 6.07) is 6.06. The fraction of sp³-hybridized carbons (Fsp3) is 0.312. The Morgan fingerprint density at radius 3 is 3.05 bits per heavy atom. The highest BCUT2D eigenvalue weighted by molar-refractivity contribution is 5.84. The van der Waals surface area contributed by atoms with Gasteiger partial charge in [-0.05, 0) is 13.0 Å². The van der Waals surface area contributed by atoms with Gasteiger partial charge in [0.25, 0.3) is 0 Å². The zero-order valence-electron chi connectivity index (χ0n) is 12.3. The molecule has 0 bridgehead atoms. The minimum Gasteiger partial charge on any atom is -0.337 e. The molecular weight excluding hydrogens is 283 g/mol. The number of carbonyl (C=O) groups is 1. The number of halogens is 1. The van der Waals surface area contributed by atoms with Gasteiger partial charge < -0.3 is 4.90 Å². The second-order valence-electron chi connectivity index (χ2n) is 5.18. The molecule has 1 atom stereocenters. The smallest absolute Gasteiger partial charge is 0.244 e. The average Bonchev–Trinajstić information content (AvgIpc) is 2.97. The Morgan fingerprint density at radius 2 is 2.27 bits per heavy atom. The number of likely N-dealkylation sites (N-methyl/N-ethyl adjacent to an activating group) is 1. The van der Waals surface area contributed by atoms with Crippen LogP contribution in [0.1, 0.15) is 29.8 Å². The topological polar surface area (TPSA) is 58.1 Å². The van der Waals surface area contributed by atoms with Gasteiger partial charge in [0.05, 0.1) is 5.69 Å². The number of nitrogens with one attached hydrogen (secondary N) is 1. The van der Waals surface area contributed by atoms with Crippen LogP contribution >= 0.6 is 0 Å². The van der Waals surface area contributed by atoms with E-state index in [1.54, 1.807) is 29.3 Å². The molecule has 0 spiro atoms. The van der Waals surface area contributed by atoms with Crippen molar-refractivity contribution in [2.75, 3.05) is 6.54 Å². The average molecular weight is 300 g/mol. The van der Waals surface area contributed by atoms with Crippen molar-refractivity contribution in [3.05, 3.63) is 59.4 Å². The lowest BCUT2D eigenvalue weighted by Crippen LogP contribution is -2.38. The summed E-state index contributed by atoms with van der Waals surface area (Å²) in [4.78, 5) is 22.5. The summed E-state index contributed by atoms with van der Waals surface area (Å²) in [6.45, 7) is 3.19. The molecule has 2 heterocycles. The third-order valence-corrected chi connectivity index (χ3v) is 3.87. The molecule has 0 saturated heterocycles. The molecule has 3 rings (SSSR count). The first-order valence-electron chi connectivity index (χ1n) is 7.25. The summed E-state index contributed by atoms with van der Waals surface area (Å²) in [7, 11) is 0. The van der Waals surface area contributed by atoms with E-state index in [2.05, 4.69) is 15.3 Å². The number of hydrogen-bond acceptors (Lipinski definition) is 4. The van der Waals surface area contributed by atoms with Crippen molar-refractivity contribution in [1.29, 1.82) is 0 Å². The van der Waals surface area contributed by atoms with E-state index in [9.17, 15) is 9.18 Å². The molecule has 1 aliphatic rings. The lowest BCUT2D eigenvalue weighted by molar-refractivity contribution is -0.133. The summed E-state index contributed by atoms with van der Waals surface area (Å²) in [5, 5.41) is 3.15. The first-order chi connectivity index (χ1) is 10.7. The Labute approximate surface area is 128 Å². The van der Waals surface area contributed by atoms with Crippen LogP contribution in [0, 0.1) is 5.82 Å².